The van der Waals surface area contributed by atoms with Crippen molar-refractivity contribution in [2.45, 2.75) is 45.8 Å². The number of aryl methyl sites for hydroxylation is 2. The van der Waals surface area contributed by atoms with Crippen molar-refractivity contribution in [1.82, 2.24) is 19.6 Å². The summed E-state index contributed by atoms with van der Waals surface area (Å²) in [6, 6.07) is 0. The topological polar surface area (TPSA) is 44.5 Å². The molecule has 0 spiro atoms. The molecule has 1 aromatic rings. The second-order valence-electron chi connectivity index (χ2n) is 6.64. The molecule has 1 atom stereocenters. The minimum atomic E-state index is -0.576. The van der Waals surface area contributed by atoms with E-state index in [0.717, 1.165) is 51.3 Å². The molecule has 1 aliphatic rings. The summed E-state index contributed by atoms with van der Waals surface area (Å²) in [5.41, 5.74) is 3.01. The standard InChI is InChI=1S/C16H30N4O/c1-6-20-9-7-8-16(21,12-20)11-18(4)10-15-13(2)17-19(5)14(15)3/h21H,6-12H2,1-5H3/t16-/m1/s1. The first-order chi connectivity index (χ1) is 9.84. The summed E-state index contributed by atoms with van der Waals surface area (Å²) in [4.78, 5) is 4.58. The predicted molar refractivity (Wildman–Crippen MR) is 85.3 cm³/mol. The van der Waals surface area contributed by atoms with Crippen LogP contribution in [0.3, 0.4) is 0 Å². The van der Waals surface area contributed by atoms with E-state index in [1.54, 1.807) is 0 Å². The molecule has 0 aliphatic carbocycles. The molecule has 2 heterocycles. The number of piperidine rings is 1. The van der Waals surface area contributed by atoms with Crippen molar-refractivity contribution in [3.8, 4) is 0 Å². The van der Waals surface area contributed by atoms with E-state index >= 15 is 0 Å². The predicted octanol–water partition coefficient (Wildman–Crippen LogP) is 1.32. The molecule has 0 unspecified atom stereocenters. The highest BCUT2D eigenvalue weighted by molar-refractivity contribution is 5.24. The highest BCUT2D eigenvalue weighted by atomic mass is 16.3. The molecule has 5 nitrogen and oxygen atoms in total. The zero-order valence-corrected chi connectivity index (χ0v) is 14.2. The van der Waals surface area contributed by atoms with Crippen molar-refractivity contribution in [1.29, 1.82) is 0 Å². The Kier molecular flexibility index (Phi) is 5.07. The summed E-state index contributed by atoms with van der Waals surface area (Å²) in [6.07, 6.45) is 1.99. The summed E-state index contributed by atoms with van der Waals surface area (Å²) in [7, 11) is 4.08. The highest BCUT2D eigenvalue weighted by Crippen LogP contribution is 2.23. The largest absolute Gasteiger partial charge is 0.387 e. The van der Waals surface area contributed by atoms with Crippen molar-refractivity contribution in [2.75, 3.05) is 33.2 Å². The summed E-state index contributed by atoms with van der Waals surface area (Å²) < 4.78 is 1.94. The second kappa shape index (κ2) is 6.46. The second-order valence-corrected chi connectivity index (χ2v) is 6.64. The lowest BCUT2D eigenvalue weighted by Crippen LogP contribution is -2.53. The van der Waals surface area contributed by atoms with Crippen LogP contribution in [0.1, 0.15) is 36.7 Å². The molecule has 1 aliphatic heterocycles. The molecule has 1 N–H and O–H groups in total. The van der Waals surface area contributed by atoms with Crippen LogP contribution in [0.2, 0.25) is 0 Å². The first kappa shape index (κ1) is 16.5. The van der Waals surface area contributed by atoms with E-state index in [-0.39, 0.29) is 0 Å². The van der Waals surface area contributed by atoms with Crippen LogP contribution in [0, 0.1) is 13.8 Å². The van der Waals surface area contributed by atoms with Gasteiger partial charge in [0.1, 0.15) is 0 Å². The quantitative estimate of drug-likeness (QED) is 0.889. The maximum Gasteiger partial charge on any atom is 0.0900 e. The lowest BCUT2D eigenvalue weighted by molar-refractivity contribution is -0.0492. The Morgan fingerprint density at radius 1 is 1.38 bits per heavy atom. The van der Waals surface area contributed by atoms with Crippen LogP contribution in [0.4, 0.5) is 0 Å². The Balaban J connectivity index is 1.99. The van der Waals surface area contributed by atoms with Gasteiger partial charge in [0.05, 0.1) is 11.3 Å². The number of likely N-dealkylation sites (N-methyl/N-ethyl adjacent to an activating group) is 2. The Labute approximate surface area is 128 Å². The number of aromatic nitrogens is 2. The maximum absolute atomic E-state index is 10.9. The minimum absolute atomic E-state index is 0.576. The minimum Gasteiger partial charge on any atom is -0.387 e. The van der Waals surface area contributed by atoms with E-state index < -0.39 is 5.60 Å². The normalized spacial score (nSPS) is 24.0. The molecule has 1 aromatic heterocycles. The number of rotatable bonds is 5. The zero-order valence-electron chi connectivity index (χ0n) is 14.2. The van der Waals surface area contributed by atoms with E-state index in [4.69, 9.17) is 0 Å². The average molecular weight is 294 g/mol. The van der Waals surface area contributed by atoms with Gasteiger partial charge in [0.25, 0.3) is 0 Å². The van der Waals surface area contributed by atoms with Crippen molar-refractivity contribution >= 4 is 0 Å². The van der Waals surface area contributed by atoms with Gasteiger partial charge < -0.3 is 10.0 Å². The molecule has 21 heavy (non-hydrogen) atoms. The molecule has 1 saturated heterocycles. The number of hydrogen-bond acceptors (Lipinski definition) is 4. The van der Waals surface area contributed by atoms with Crippen LogP contribution in [-0.2, 0) is 13.6 Å². The Morgan fingerprint density at radius 2 is 2.10 bits per heavy atom. The molecular weight excluding hydrogens is 264 g/mol. The Morgan fingerprint density at radius 3 is 2.67 bits per heavy atom. The van der Waals surface area contributed by atoms with Gasteiger partial charge in [-0.2, -0.15) is 5.10 Å². The molecule has 5 heteroatoms. The van der Waals surface area contributed by atoms with E-state index in [1.807, 2.05) is 11.7 Å². The van der Waals surface area contributed by atoms with Crippen LogP contribution >= 0.6 is 0 Å². The Bertz CT molecular complexity index is 485. The van der Waals surface area contributed by atoms with Gasteiger partial charge in [-0.1, -0.05) is 6.92 Å². The van der Waals surface area contributed by atoms with Crippen molar-refractivity contribution < 1.29 is 5.11 Å². The summed E-state index contributed by atoms with van der Waals surface area (Å²) in [5, 5.41) is 15.3. The fourth-order valence-electron chi connectivity index (χ4n) is 3.48. The number of β-amino-alcohol motifs (C(OH)–C–C–N with tert-alkyl or cyclic N) is 1. The van der Waals surface area contributed by atoms with Gasteiger partial charge in [-0.3, -0.25) is 9.58 Å². The van der Waals surface area contributed by atoms with Crippen LogP contribution in [-0.4, -0.2) is 63.5 Å². The number of hydrogen-bond donors (Lipinski definition) is 1. The first-order valence-electron chi connectivity index (χ1n) is 7.97. The highest BCUT2D eigenvalue weighted by Gasteiger charge is 2.33. The summed E-state index contributed by atoms with van der Waals surface area (Å²) >= 11 is 0. The Hall–Kier alpha value is -0.910. The molecule has 120 valence electrons. The SMILES string of the molecule is CCN1CCC[C@@](O)(CN(C)Cc2c(C)nn(C)c2C)C1. The molecule has 0 saturated carbocycles. The van der Waals surface area contributed by atoms with Gasteiger partial charge in [-0.05, 0) is 46.8 Å². The molecular formula is C16H30N4O. The van der Waals surface area contributed by atoms with E-state index in [9.17, 15) is 5.11 Å². The molecule has 2 rings (SSSR count). The van der Waals surface area contributed by atoms with E-state index in [0.29, 0.717) is 0 Å². The number of likely N-dealkylation sites (tertiary alicyclic amines) is 1. The van der Waals surface area contributed by atoms with Crippen LogP contribution in [0.5, 0.6) is 0 Å². The summed E-state index contributed by atoms with van der Waals surface area (Å²) in [6.45, 7) is 10.8. The van der Waals surface area contributed by atoms with Gasteiger partial charge >= 0.3 is 0 Å². The third kappa shape index (κ3) is 3.84. The molecule has 0 amide bonds. The average Bonchev–Trinajstić information content (AvgIpc) is 2.64. The molecule has 0 aromatic carbocycles. The monoisotopic (exact) mass is 294 g/mol. The fraction of sp³-hybridized carbons (Fsp3) is 0.812. The van der Waals surface area contributed by atoms with Gasteiger partial charge in [0, 0.05) is 37.9 Å². The molecule has 0 bridgehead atoms. The van der Waals surface area contributed by atoms with Gasteiger partial charge in [0.15, 0.2) is 0 Å². The van der Waals surface area contributed by atoms with Crippen LogP contribution < -0.4 is 0 Å². The van der Waals surface area contributed by atoms with Crippen molar-refractivity contribution in [2.24, 2.45) is 7.05 Å². The third-order valence-electron chi connectivity index (χ3n) is 4.73. The summed E-state index contributed by atoms with van der Waals surface area (Å²) in [5.74, 6) is 0. The number of nitrogens with zero attached hydrogens (tertiary/aromatic N) is 4. The third-order valence-corrected chi connectivity index (χ3v) is 4.73. The number of aliphatic hydroxyl groups is 1. The van der Waals surface area contributed by atoms with Crippen LogP contribution in [0.15, 0.2) is 0 Å². The lowest BCUT2D eigenvalue weighted by Gasteiger charge is -2.40. The first-order valence-corrected chi connectivity index (χ1v) is 7.97. The van der Waals surface area contributed by atoms with Gasteiger partial charge in [-0.25, -0.2) is 0 Å². The van der Waals surface area contributed by atoms with Gasteiger partial charge in [-0.15, -0.1) is 0 Å². The van der Waals surface area contributed by atoms with E-state index in [1.165, 1.54) is 11.3 Å². The molecule has 0 radical (unpaired) electrons. The fourth-order valence-corrected chi connectivity index (χ4v) is 3.48. The van der Waals surface area contributed by atoms with Crippen molar-refractivity contribution in [3.63, 3.8) is 0 Å². The maximum atomic E-state index is 10.9. The van der Waals surface area contributed by atoms with E-state index in [2.05, 4.69) is 42.7 Å². The zero-order chi connectivity index (χ0) is 15.6. The van der Waals surface area contributed by atoms with Crippen molar-refractivity contribution in [3.05, 3.63) is 17.0 Å². The van der Waals surface area contributed by atoms with Crippen LogP contribution in [0.25, 0.3) is 0 Å². The molecule has 1 fully saturated rings. The lowest BCUT2D eigenvalue weighted by atomic mass is 9.92. The smallest absolute Gasteiger partial charge is 0.0900 e. The van der Waals surface area contributed by atoms with Gasteiger partial charge in [0.2, 0.25) is 0 Å².